The quantitative estimate of drug-likeness (QED) is 0.579. The highest BCUT2D eigenvalue weighted by atomic mass is 16.6. The first-order chi connectivity index (χ1) is 9.12. The second-order valence-corrected chi connectivity index (χ2v) is 4.32. The van der Waals surface area contributed by atoms with Crippen LogP contribution in [0.1, 0.15) is 31.7 Å². The molecule has 0 aliphatic rings. The molecule has 6 heteroatoms. The fraction of sp³-hybridized carbons (Fsp3) is 0.462. The zero-order valence-electron chi connectivity index (χ0n) is 10.9. The van der Waals surface area contributed by atoms with Crippen molar-refractivity contribution in [3.63, 3.8) is 0 Å². The average molecular weight is 262 g/mol. The van der Waals surface area contributed by atoms with Crippen LogP contribution in [0.2, 0.25) is 0 Å². The van der Waals surface area contributed by atoms with Crippen LogP contribution in [-0.4, -0.2) is 17.5 Å². The predicted octanol–water partition coefficient (Wildman–Crippen LogP) is 2.40. The van der Waals surface area contributed by atoms with Gasteiger partial charge in [0.15, 0.2) is 0 Å². The van der Waals surface area contributed by atoms with Crippen LogP contribution >= 0.6 is 0 Å². The van der Waals surface area contributed by atoms with Gasteiger partial charge in [0, 0.05) is 24.3 Å². The summed E-state index contributed by atoms with van der Waals surface area (Å²) in [5.41, 5.74) is 6.24. The fourth-order valence-corrected chi connectivity index (χ4v) is 1.81. The number of nitro benzene ring substituents is 1. The van der Waals surface area contributed by atoms with E-state index in [2.05, 4.69) is 12.2 Å². The fourth-order valence-electron chi connectivity index (χ4n) is 1.81. The molecule has 0 aliphatic carbocycles. The number of anilines is 1. The van der Waals surface area contributed by atoms with E-state index in [9.17, 15) is 10.1 Å². The number of nitrogens with two attached hydrogens (primary N) is 1. The number of nitriles is 1. The molecule has 0 heterocycles. The van der Waals surface area contributed by atoms with Crippen molar-refractivity contribution >= 4 is 11.4 Å². The molecule has 0 bridgehead atoms. The van der Waals surface area contributed by atoms with Crippen LogP contribution in [0.25, 0.3) is 0 Å². The van der Waals surface area contributed by atoms with Crippen LogP contribution in [0.5, 0.6) is 0 Å². The van der Waals surface area contributed by atoms with Crippen molar-refractivity contribution in [2.24, 2.45) is 5.73 Å². The topological polar surface area (TPSA) is 105 Å². The molecule has 6 nitrogen and oxygen atoms in total. The zero-order chi connectivity index (χ0) is 14.3. The summed E-state index contributed by atoms with van der Waals surface area (Å²) in [4.78, 5) is 10.2. The molecule has 1 atom stereocenters. The van der Waals surface area contributed by atoms with E-state index in [4.69, 9.17) is 11.0 Å². The maximum atomic E-state index is 10.7. The highest BCUT2D eigenvalue weighted by Gasteiger charge is 2.14. The maximum absolute atomic E-state index is 10.7. The van der Waals surface area contributed by atoms with E-state index in [0.717, 1.165) is 19.3 Å². The number of hydrogen-bond acceptors (Lipinski definition) is 5. The number of benzene rings is 1. The Balaban J connectivity index is 2.85. The van der Waals surface area contributed by atoms with E-state index in [1.807, 2.05) is 6.07 Å². The Hall–Kier alpha value is -2.13. The van der Waals surface area contributed by atoms with Crippen LogP contribution in [0, 0.1) is 21.4 Å². The first-order valence-electron chi connectivity index (χ1n) is 6.27. The van der Waals surface area contributed by atoms with Crippen molar-refractivity contribution in [3.05, 3.63) is 33.9 Å². The van der Waals surface area contributed by atoms with Crippen molar-refractivity contribution in [1.82, 2.24) is 0 Å². The van der Waals surface area contributed by atoms with E-state index < -0.39 is 4.92 Å². The third-order valence-corrected chi connectivity index (χ3v) is 2.88. The van der Waals surface area contributed by atoms with Gasteiger partial charge in [0.05, 0.1) is 4.92 Å². The van der Waals surface area contributed by atoms with Crippen molar-refractivity contribution in [2.75, 3.05) is 11.9 Å². The first-order valence-corrected chi connectivity index (χ1v) is 6.27. The predicted molar refractivity (Wildman–Crippen MR) is 73.8 cm³/mol. The third-order valence-electron chi connectivity index (χ3n) is 2.88. The van der Waals surface area contributed by atoms with Crippen molar-refractivity contribution < 1.29 is 4.92 Å². The van der Waals surface area contributed by atoms with Gasteiger partial charge >= 0.3 is 0 Å². The molecule has 0 fully saturated rings. The van der Waals surface area contributed by atoms with Gasteiger partial charge in [0.1, 0.15) is 11.6 Å². The molecule has 0 aromatic heterocycles. The lowest BCUT2D eigenvalue weighted by Gasteiger charge is -2.17. The van der Waals surface area contributed by atoms with Crippen molar-refractivity contribution in [3.8, 4) is 6.07 Å². The molecule has 1 aromatic carbocycles. The van der Waals surface area contributed by atoms with E-state index in [1.165, 1.54) is 12.1 Å². The third kappa shape index (κ3) is 4.23. The van der Waals surface area contributed by atoms with Gasteiger partial charge in [-0.15, -0.1) is 0 Å². The lowest BCUT2D eigenvalue weighted by molar-refractivity contribution is -0.385. The van der Waals surface area contributed by atoms with Gasteiger partial charge in [-0.05, 0) is 18.6 Å². The van der Waals surface area contributed by atoms with Crippen LogP contribution in [0.3, 0.4) is 0 Å². The molecule has 1 aromatic rings. The lowest BCUT2D eigenvalue weighted by Crippen LogP contribution is -2.28. The van der Waals surface area contributed by atoms with Gasteiger partial charge in [-0.3, -0.25) is 10.1 Å². The highest BCUT2D eigenvalue weighted by Crippen LogP contribution is 2.22. The number of nitro groups is 1. The zero-order valence-corrected chi connectivity index (χ0v) is 10.9. The Morgan fingerprint density at radius 1 is 1.58 bits per heavy atom. The number of unbranched alkanes of at least 4 members (excludes halogenated alkanes) is 1. The Kier molecular flexibility index (Phi) is 5.76. The van der Waals surface area contributed by atoms with Gasteiger partial charge in [0.2, 0.25) is 0 Å². The normalized spacial score (nSPS) is 11.6. The molecule has 3 N–H and O–H groups in total. The molecule has 0 radical (unpaired) electrons. The van der Waals surface area contributed by atoms with E-state index in [-0.39, 0.29) is 17.3 Å². The number of nitrogens with zero attached hydrogens (tertiary/aromatic N) is 2. The summed E-state index contributed by atoms with van der Waals surface area (Å²) in [6.07, 6.45) is 3.08. The standard InChI is InChI=1S/C13H18N4O2/c1-2-3-4-12(9-15)16-11-5-6-13(17(18)19)10(7-11)8-14/h5-7,12,16H,2-4,9,15H2,1H3. The highest BCUT2D eigenvalue weighted by molar-refractivity contribution is 5.59. The van der Waals surface area contributed by atoms with Gasteiger partial charge in [-0.1, -0.05) is 19.8 Å². The largest absolute Gasteiger partial charge is 0.381 e. The summed E-state index contributed by atoms with van der Waals surface area (Å²) in [5.74, 6) is 0. The minimum absolute atomic E-state index is 0.0567. The van der Waals surface area contributed by atoms with Gasteiger partial charge in [-0.2, -0.15) is 5.26 Å². The molecule has 102 valence electrons. The average Bonchev–Trinajstić information content (AvgIpc) is 2.42. The molecular weight excluding hydrogens is 244 g/mol. The smallest absolute Gasteiger partial charge is 0.287 e. The molecule has 1 unspecified atom stereocenters. The van der Waals surface area contributed by atoms with Gasteiger partial charge in [-0.25, -0.2) is 0 Å². The summed E-state index contributed by atoms with van der Waals surface area (Å²) in [6, 6.07) is 6.40. The van der Waals surface area contributed by atoms with Crippen LogP contribution < -0.4 is 11.1 Å². The van der Waals surface area contributed by atoms with Crippen LogP contribution in [0.4, 0.5) is 11.4 Å². The van der Waals surface area contributed by atoms with Gasteiger partial charge < -0.3 is 11.1 Å². The summed E-state index contributed by atoms with van der Waals surface area (Å²) in [6.45, 7) is 2.59. The van der Waals surface area contributed by atoms with E-state index >= 15 is 0 Å². The molecule has 0 saturated heterocycles. The van der Waals surface area contributed by atoms with E-state index in [1.54, 1.807) is 6.07 Å². The van der Waals surface area contributed by atoms with Crippen LogP contribution in [-0.2, 0) is 0 Å². The van der Waals surface area contributed by atoms with Crippen molar-refractivity contribution in [2.45, 2.75) is 32.2 Å². The Morgan fingerprint density at radius 2 is 2.32 bits per heavy atom. The summed E-state index contributed by atoms with van der Waals surface area (Å²) < 4.78 is 0. The Bertz CT molecular complexity index is 482. The molecule has 19 heavy (non-hydrogen) atoms. The van der Waals surface area contributed by atoms with E-state index in [0.29, 0.717) is 12.2 Å². The second kappa shape index (κ2) is 7.34. The minimum Gasteiger partial charge on any atom is -0.381 e. The molecular formula is C13H18N4O2. The Labute approximate surface area is 112 Å². The minimum atomic E-state index is -0.556. The molecule has 0 saturated carbocycles. The Morgan fingerprint density at radius 3 is 2.84 bits per heavy atom. The molecule has 0 aliphatic heterocycles. The number of hydrogen-bond donors (Lipinski definition) is 2. The lowest BCUT2D eigenvalue weighted by atomic mass is 10.1. The first kappa shape index (κ1) is 14.9. The molecule has 0 amide bonds. The summed E-state index contributed by atoms with van der Waals surface area (Å²) in [5, 5.41) is 22.8. The van der Waals surface area contributed by atoms with Gasteiger partial charge in [0.25, 0.3) is 5.69 Å². The second-order valence-electron chi connectivity index (χ2n) is 4.32. The SMILES string of the molecule is CCCCC(CN)Nc1ccc([N+](=O)[O-])c(C#N)c1. The summed E-state index contributed by atoms with van der Waals surface area (Å²) >= 11 is 0. The monoisotopic (exact) mass is 262 g/mol. The molecule has 1 rings (SSSR count). The number of rotatable bonds is 7. The van der Waals surface area contributed by atoms with Crippen LogP contribution in [0.15, 0.2) is 18.2 Å². The summed E-state index contributed by atoms with van der Waals surface area (Å²) in [7, 11) is 0. The molecule has 0 spiro atoms. The number of nitrogens with one attached hydrogen (secondary N) is 1. The maximum Gasteiger partial charge on any atom is 0.287 e. The van der Waals surface area contributed by atoms with Crippen molar-refractivity contribution in [1.29, 1.82) is 5.26 Å².